The first-order valence-corrected chi connectivity index (χ1v) is 19.8. The maximum absolute atomic E-state index is 12.1. The van der Waals surface area contributed by atoms with Gasteiger partial charge in [0.05, 0.1) is 12.7 Å². The summed E-state index contributed by atoms with van der Waals surface area (Å²) in [6.07, 6.45) is 43.8. The zero-order valence-electron chi connectivity index (χ0n) is 31.1. The van der Waals surface area contributed by atoms with E-state index in [1.165, 1.54) is 83.5 Å². The van der Waals surface area contributed by atoms with Gasteiger partial charge in [-0.2, -0.15) is 0 Å². The van der Waals surface area contributed by atoms with E-state index >= 15 is 0 Å². The number of aliphatic hydroxyl groups is 2. The average molecular weight is 675 g/mol. The molecule has 2 N–H and O–H groups in total. The molecule has 278 valence electrons. The number of rotatable bonds is 35. The maximum Gasteiger partial charge on any atom is 0.306 e. The molecule has 0 aliphatic rings. The quantitative estimate of drug-likeness (QED) is 0.0395. The van der Waals surface area contributed by atoms with Gasteiger partial charge in [0.15, 0.2) is 6.10 Å². The van der Waals surface area contributed by atoms with Crippen molar-refractivity contribution in [1.29, 1.82) is 0 Å². The summed E-state index contributed by atoms with van der Waals surface area (Å²) in [6.45, 7) is 3.89. The smallest absolute Gasteiger partial charge is 0.306 e. The largest absolute Gasteiger partial charge is 0.462 e. The summed E-state index contributed by atoms with van der Waals surface area (Å²) in [5, 5.41) is 19.2. The number of ether oxygens (including phenoxy) is 2. The van der Waals surface area contributed by atoms with Crippen LogP contribution >= 0.6 is 0 Å². The van der Waals surface area contributed by atoms with Gasteiger partial charge in [0.25, 0.3) is 0 Å². The van der Waals surface area contributed by atoms with Gasteiger partial charge in [-0.15, -0.1) is 0 Å². The molecule has 6 nitrogen and oxygen atoms in total. The number of esters is 2. The van der Waals surface area contributed by atoms with Crippen LogP contribution in [0.1, 0.15) is 181 Å². The van der Waals surface area contributed by atoms with Crippen molar-refractivity contribution in [2.75, 3.05) is 13.2 Å². The normalized spacial score (nSPS) is 13.3. The molecular formula is C42H74O6. The molecule has 0 rings (SSSR count). The van der Waals surface area contributed by atoms with E-state index in [0.29, 0.717) is 12.8 Å². The number of carbonyl (C=O) groups is 2. The van der Waals surface area contributed by atoms with Gasteiger partial charge in [0.1, 0.15) is 6.61 Å². The standard InChI is InChI=1S/C42H74O6/c1-3-5-6-7-8-9-10-11-12-13-16-19-22-25-28-31-35-41(45)47-38-40(37-43)48-42(46)36-32-29-26-23-20-17-14-15-18-21-24-27-30-34-39(44)33-4-2/h14,17-18,21,23,26-27,30,39-40,43-44H,3-13,15-16,19-20,22,24-25,28-29,31-38H2,1-2H3/b17-14-,21-18-,26-23-,30-27-/t39?,40-/m0/s1. The summed E-state index contributed by atoms with van der Waals surface area (Å²) < 4.78 is 10.5. The van der Waals surface area contributed by atoms with E-state index in [4.69, 9.17) is 9.47 Å². The van der Waals surface area contributed by atoms with Crippen molar-refractivity contribution < 1.29 is 29.3 Å². The zero-order chi connectivity index (χ0) is 35.2. The Hall–Kier alpha value is -2.18. The van der Waals surface area contributed by atoms with Crippen LogP contribution in [0.4, 0.5) is 0 Å². The summed E-state index contributed by atoms with van der Waals surface area (Å²) in [5.74, 6) is -0.674. The first-order valence-electron chi connectivity index (χ1n) is 19.8. The third kappa shape index (κ3) is 35.1. The Bertz CT molecular complexity index is 830. The summed E-state index contributed by atoms with van der Waals surface area (Å²) >= 11 is 0. The summed E-state index contributed by atoms with van der Waals surface area (Å²) in [7, 11) is 0. The highest BCUT2D eigenvalue weighted by Gasteiger charge is 2.16. The Balaban J connectivity index is 3.67. The Morgan fingerprint density at radius 3 is 1.52 bits per heavy atom. The van der Waals surface area contributed by atoms with Gasteiger partial charge < -0.3 is 19.7 Å². The number of unbranched alkanes of at least 4 members (excludes halogenated alkanes) is 16. The van der Waals surface area contributed by atoms with E-state index in [0.717, 1.165) is 64.2 Å². The molecule has 0 radical (unpaired) electrons. The molecule has 0 aromatic rings. The fraction of sp³-hybridized carbons (Fsp3) is 0.762. The molecular weight excluding hydrogens is 600 g/mol. The lowest BCUT2D eigenvalue weighted by molar-refractivity contribution is -0.161. The summed E-state index contributed by atoms with van der Waals surface area (Å²) in [5.41, 5.74) is 0. The number of aliphatic hydroxyl groups excluding tert-OH is 2. The fourth-order valence-electron chi connectivity index (χ4n) is 5.44. The van der Waals surface area contributed by atoms with Crippen LogP contribution in [0.2, 0.25) is 0 Å². The predicted octanol–water partition coefficient (Wildman–Crippen LogP) is 11.2. The van der Waals surface area contributed by atoms with E-state index in [9.17, 15) is 19.8 Å². The second kappa shape index (κ2) is 37.6. The molecule has 0 amide bonds. The first-order chi connectivity index (χ1) is 23.5. The van der Waals surface area contributed by atoms with Crippen molar-refractivity contribution in [3.63, 3.8) is 0 Å². The molecule has 0 spiro atoms. The van der Waals surface area contributed by atoms with E-state index in [-0.39, 0.29) is 37.7 Å². The van der Waals surface area contributed by atoms with Crippen LogP contribution in [0.25, 0.3) is 0 Å². The molecule has 0 saturated carbocycles. The molecule has 6 heteroatoms. The molecule has 0 bridgehead atoms. The average Bonchev–Trinajstić information content (AvgIpc) is 3.08. The van der Waals surface area contributed by atoms with Gasteiger partial charge in [-0.3, -0.25) is 9.59 Å². The lowest BCUT2D eigenvalue weighted by Gasteiger charge is -2.15. The minimum absolute atomic E-state index is 0.0960. The molecule has 0 fully saturated rings. The van der Waals surface area contributed by atoms with E-state index in [2.05, 4.69) is 62.5 Å². The Labute approximate surface area is 295 Å². The van der Waals surface area contributed by atoms with Crippen LogP contribution in [0.15, 0.2) is 48.6 Å². The third-order valence-electron chi connectivity index (χ3n) is 8.43. The van der Waals surface area contributed by atoms with E-state index in [1.54, 1.807) is 0 Å². The Morgan fingerprint density at radius 2 is 1.02 bits per heavy atom. The van der Waals surface area contributed by atoms with Gasteiger partial charge in [-0.05, 0) is 51.4 Å². The SMILES string of the molecule is CCCCCCCCCCCCCCCCCCC(=O)OC[C@H](CO)OC(=O)CCC/C=C\C/C=C\C/C=C\C/C=C\CC(O)CCC. The third-order valence-corrected chi connectivity index (χ3v) is 8.43. The molecule has 0 aromatic carbocycles. The lowest BCUT2D eigenvalue weighted by atomic mass is 10.0. The van der Waals surface area contributed by atoms with Crippen LogP contribution in [-0.4, -0.2) is 47.6 Å². The number of allylic oxidation sites excluding steroid dienone is 7. The number of hydrogen-bond acceptors (Lipinski definition) is 6. The molecule has 2 atom stereocenters. The van der Waals surface area contributed by atoms with E-state index < -0.39 is 6.10 Å². The summed E-state index contributed by atoms with van der Waals surface area (Å²) in [4.78, 5) is 24.2. The highest BCUT2D eigenvalue weighted by Crippen LogP contribution is 2.14. The summed E-state index contributed by atoms with van der Waals surface area (Å²) in [6, 6.07) is 0. The van der Waals surface area contributed by atoms with Crippen molar-refractivity contribution in [1.82, 2.24) is 0 Å². The second-order valence-electron chi connectivity index (χ2n) is 13.2. The lowest BCUT2D eigenvalue weighted by Crippen LogP contribution is -2.28. The van der Waals surface area contributed by atoms with Crippen LogP contribution in [0.5, 0.6) is 0 Å². The number of hydrogen-bond donors (Lipinski definition) is 2. The fourth-order valence-corrected chi connectivity index (χ4v) is 5.44. The van der Waals surface area contributed by atoms with Crippen molar-refractivity contribution in [2.24, 2.45) is 0 Å². The first kappa shape index (κ1) is 45.8. The van der Waals surface area contributed by atoms with Crippen molar-refractivity contribution in [3.8, 4) is 0 Å². The van der Waals surface area contributed by atoms with E-state index in [1.807, 2.05) is 0 Å². The Morgan fingerprint density at radius 1 is 0.562 bits per heavy atom. The molecule has 0 heterocycles. The molecule has 48 heavy (non-hydrogen) atoms. The van der Waals surface area contributed by atoms with Gasteiger partial charge >= 0.3 is 11.9 Å². The van der Waals surface area contributed by atoms with Gasteiger partial charge in [0, 0.05) is 12.8 Å². The molecule has 1 unspecified atom stereocenters. The molecule has 0 aliphatic carbocycles. The molecule has 0 saturated heterocycles. The molecule has 0 aromatic heterocycles. The van der Waals surface area contributed by atoms with Gasteiger partial charge in [0.2, 0.25) is 0 Å². The van der Waals surface area contributed by atoms with Gasteiger partial charge in [-0.25, -0.2) is 0 Å². The predicted molar refractivity (Wildman–Crippen MR) is 202 cm³/mol. The maximum atomic E-state index is 12.1. The molecule has 0 aliphatic heterocycles. The minimum atomic E-state index is -0.809. The minimum Gasteiger partial charge on any atom is -0.462 e. The second-order valence-corrected chi connectivity index (χ2v) is 13.2. The van der Waals surface area contributed by atoms with Crippen LogP contribution < -0.4 is 0 Å². The zero-order valence-corrected chi connectivity index (χ0v) is 31.1. The number of carbonyl (C=O) groups excluding carboxylic acids is 2. The monoisotopic (exact) mass is 675 g/mol. The van der Waals surface area contributed by atoms with Crippen molar-refractivity contribution in [3.05, 3.63) is 48.6 Å². The van der Waals surface area contributed by atoms with Crippen molar-refractivity contribution in [2.45, 2.75) is 193 Å². The Kier molecular flexibility index (Phi) is 35.9. The van der Waals surface area contributed by atoms with Crippen molar-refractivity contribution >= 4 is 11.9 Å². The van der Waals surface area contributed by atoms with Crippen LogP contribution in [-0.2, 0) is 19.1 Å². The van der Waals surface area contributed by atoms with Crippen LogP contribution in [0, 0.1) is 0 Å². The van der Waals surface area contributed by atoms with Gasteiger partial charge in [-0.1, -0.05) is 165 Å². The highest BCUT2D eigenvalue weighted by molar-refractivity contribution is 5.70. The topological polar surface area (TPSA) is 93.1 Å². The highest BCUT2D eigenvalue weighted by atomic mass is 16.6. The van der Waals surface area contributed by atoms with Crippen LogP contribution in [0.3, 0.4) is 0 Å².